The first-order valence-corrected chi connectivity index (χ1v) is 8.21. The predicted octanol–water partition coefficient (Wildman–Crippen LogP) is 2.39. The lowest BCUT2D eigenvalue weighted by atomic mass is 10.1. The minimum Gasteiger partial charge on any atom is -0.352 e. The molecule has 24 heavy (non-hydrogen) atoms. The Bertz CT molecular complexity index is 523. The third kappa shape index (κ3) is 6.49. The molecule has 1 saturated heterocycles. The molecule has 4 nitrogen and oxygen atoms in total. The first-order valence-electron chi connectivity index (χ1n) is 8.21. The number of piperazine rings is 1. The topological polar surface area (TPSA) is 35.6 Å². The van der Waals surface area contributed by atoms with Crippen LogP contribution in [0, 0.1) is 0 Å². The molecule has 0 unspecified atom stereocenters. The Balaban J connectivity index is 1.76. The summed E-state index contributed by atoms with van der Waals surface area (Å²) in [6.45, 7) is 8.50. The van der Waals surface area contributed by atoms with Gasteiger partial charge in [-0.2, -0.15) is 13.2 Å². The van der Waals surface area contributed by atoms with Crippen molar-refractivity contribution in [1.82, 2.24) is 15.1 Å². The van der Waals surface area contributed by atoms with Crippen LogP contribution in [0.5, 0.6) is 0 Å². The van der Waals surface area contributed by atoms with Gasteiger partial charge in [-0.3, -0.25) is 9.69 Å². The molecule has 1 fully saturated rings. The van der Waals surface area contributed by atoms with Crippen LogP contribution in [0.25, 0.3) is 0 Å². The van der Waals surface area contributed by atoms with Crippen molar-refractivity contribution in [1.29, 1.82) is 0 Å². The lowest BCUT2D eigenvalue weighted by molar-refractivity contribution is -0.153. The summed E-state index contributed by atoms with van der Waals surface area (Å²) in [7, 11) is 0. The number of carbonyl (C=O) groups excluding carboxylic acids is 1. The molecule has 1 aromatic rings. The van der Waals surface area contributed by atoms with E-state index >= 15 is 0 Å². The minimum atomic E-state index is -4.46. The summed E-state index contributed by atoms with van der Waals surface area (Å²) in [4.78, 5) is 16.0. The lowest BCUT2D eigenvalue weighted by Crippen LogP contribution is -2.45. The Hall–Kier alpha value is -1.60. The van der Waals surface area contributed by atoms with E-state index in [1.807, 2.05) is 24.3 Å². The van der Waals surface area contributed by atoms with Gasteiger partial charge in [-0.15, -0.1) is 0 Å². The van der Waals surface area contributed by atoms with Crippen LogP contribution in [0.4, 0.5) is 13.2 Å². The number of alkyl halides is 3. The standard InChI is InChI=1S/C17H24F3N3O/c1-2-22-7-9-23(10-8-22)13-15-5-3-14(4-6-15)12-21-16(24)11-17(18,19)20/h3-6H,2,7-13H2,1H3,(H,21,24). The van der Waals surface area contributed by atoms with Crippen LogP contribution >= 0.6 is 0 Å². The molecule has 0 bridgehead atoms. The average molecular weight is 343 g/mol. The number of hydrogen-bond donors (Lipinski definition) is 1. The normalized spacial score (nSPS) is 17.0. The zero-order valence-electron chi connectivity index (χ0n) is 13.9. The molecule has 0 aromatic heterocycles. The largest absolute Gasteiger partial charge is 0.397 e. The molecule has 0 radical (unpaired) electrons. The predicted molar refractivity (Wildman–Crippen MR) is 86.4 cm³/mol. The molecule has 1 aromatic carbocycles. The van der Waals surface area contributed by atoms with Gasteiger partial charge in [0.2, 0.25) is 5.91 Å². The number of carbonyl (C=O) groups is 1. The van der Waals surface area contributed by atoms with Crippen molar-refractivity contribution in [2.75, 3.05) is 32.7 Å². The van der Waals surface area contributed by atoms with E-state index in [0.29, 0.717) is 0 Å². The van der Waals surface area contributed by atoms with E-state index < -0.39 is 18.5 Å². The van der Waals surface area contributed by atoms with E-state index in [1.165, 1.54) is 5.56 Å². The van der Waals surface area contributed by atoms with Gasteiger partial charge in [0.05, 0.1) is 0 Å². The van der Waals surface area contributed by atoms with Crippen LogP contribution in [0.1, 0.15) is 24.5 Å². The van der Waals surface area contributed by atoms with E-state index in [9.17, 15) is 18.0 Å². The van der Waals surface area contributed by atoms with Gasteiger partial charge in [0.15, 0.2) is 0 Å². The fourth-order valence-electron chi connectivity index (χ4n) is 2.73. The smallest absolute Gasteiger partial charge is 0.352 e. The maximum absolute atomic E-state index is 12.1. The van der Waals surface area contributed by atoms with Crippen LogP contribution in [0.3, 0.4) is 0 Å². The van der Waals surface area contributed by atoms with Crippen LogP contribution < -0.4 is 5.32 Å². The molecular weight excluding hydrogens is 319 g/mol. The molecular formula is C17H24F3N3O. The molecule has 1 N–H and O–H groups in total. The SMILES string of the molecule is CCN1CCN(Cc2ccc(CNC(=O)CC(F)(F)F)cc2)CC1. The Morgan fingerprint density at radius 2 is 1.58 bits per heavy atom. The molecule has 0 aliphatic carbocycles. The van der Waals surface area contributed by atoms with Gasteiger partial charge in [-0.1, -0.05) is 31.2 Å². The maximum Gasteiger partial charge on any atom is 0.397 e. The molecule has 7 heteroatoms. The number of amides is 1. The quantitative estimate of drug-likeness (QED) is 0.862. The van der Waals surface area contributed by atoms with Crippen molar-refractivity contribution >= 4 is 5.91 Å². The Labute approximate surface area is 140 Å². The highest BCUT2D eigenvalue weighted by Crippen LogP contribution is 2.19. The highest BCUT2D eigenvalue weighted by atomic mass is 19.4. The number of benzene rings is 1. The Kier molecular flexibility index (Phi) is 6.62. The van der Waals surface area contributed by atoms with Gasteiger partial charge in [0, 0.05) is 39.3 Å². The minimum absolute atomic E-state index is 0.115. The number of likely N-dealkylation sites (N-methyl/N-ethyl adjacent to an activating group) is 1. The van der Waals surface area contributed by atoms with Crippen LogP contribution in [0.15, 0.2) is 24.3 Å². The van der Waals surface area contributed by atoms with Crippen molar-refractivity contribution in [3.05, 3.63) is 35.4 Å². The van der Waals surface area contributed by atoms with Gasteiger partial charge in [-0.25, -0.2) is 0 Å². The second kappa shape index (κ2) is 8.48. The number of nitrogens with one attached hydrogen (secondary N) is 1. The molecule has 1 aliphatic rings. The summed E-state index contributed by atoms with van der Waals surface area (Å²) in [5.41, 5.74) is 1.97. The molecule has 134 valence electrons. The van der Waals surface area contributed by atoms with Crippen LogP contribution in [-0.2, 0) is 17.9 Å². The van der Waals surface area contributed by atoms with Crippen molar-refractivity contribution in [2.45, 2.75) is 32.6 Å². The fraction of sp³-hybridized carbons (Fsp3) is 0.588. The van der Waals surface area contributed by atoms with Crippen molar-refractivity contribution in [2.24, 2.45) is 0 Å². The summed E-state index contributed by atoms with van der Waals surface area (Å²) >= 11 is 0. The van der Waals surface area contributed by atoms with Crippen molar-refractivity contribution in [3.63, 3.8) is 0 Å². The van der Waals surface area contributed by atoms with Crippen LogP contribution in [-0.4, -0.2) is 54.6 Å². The third-order valence-electron chi connectivity index (χ3n) is 4.19. The first kappa shape index (κ1) is 18.7. The Morgan fingerprint density at radius 3 is 2.12 bits per heavy atom. The molecule has 0 atom stereocenters. The Morgan fingerprint density at radius 1 is 1.04 bits per heavy atom. The fourth-order valence-corrected chi connectivity index (χ4v) is 2.73. The molecule has 2 rings (SSSR count). The lowest BCUT2D eigenvalue weighted by Gasteiger charge is -2.34. The maximum atomic E-state index is 12.1. The number of rotatable bonds is 6. The van der Waals surface area contributed by atoms with Gasteiger partial charge < -0.3 is 10.2 Å². The third-order valence-corrected chi connectivity index (χ3v) is 4.19. The summed E-state index contributed by atoms with van der Waals surface area (Å²) in [6, 6.07) is 7.64. The first-order chi connectivity index (χ1) is 11.4. The van der Waals surface area contributed by atoms with E-state index in [0.717, 1.165) is 44.8 Å². The monoisotopic (exact) mass is 343 g/mol. The number of hydrogen-bond acceptors (Lipinski definition) is 3. The summed E-state index contributed by atoms with van der Waals surface area (Å²) in [5.74, 6) is -1.000. The van der Waals surface area contributed by atoms with Crippen molar-refractivity contribution in [3.8, 4) is 0 Å². The molecule has 1 heterocycles. The van der Waals surface area contributed by atoms with Crippen LogP contribution in [0.2, 0.25) is 0 Å². The highest BCUT2D eigenvalue weighted by molar-refractivity contribution is 5.76. The van der Waals surface area contributed by atoms with E-state index in [4.69, 9.17) is 0 Å². The van der Waals surface area contributed by atoms with Gasteiger partial charge in [0.25, 0.3) is 0 Å². The summed E-state index contributed by atoms with van der Waals surface area (Å²) in [5, 5.41) is 2.29. The van der Waals surface area contributed by atoms with Gasteiger partial charge >= 0.3 is 6.18 Å². The van der Waals surface area contributed by atoms with Crippen molar-refractivity contribution < 1.29 is 18.0 Å². The number of halogens is 3. The van der Waals surface area contributed by atoms with Gasteiger partial charge in [-0.05, 0) is 17.7 Å². The zero-order valence-corrected chi connectivity index (χ0v) is 13.9. The zero-order chi connectivity index (χ0) is 17.6. The molecule has 0 spiro atoms. The second-order valence-electron chi connectivity index (χ2n) is 6.10. The molecule has 1 aliphatic heterocycles. The van der Waals surface area contributed by atoms with E-state index in [2.05, 4.69) is 22.0 Å². The highest BCUT2D eigenvalue weighted by Gasteiger charge is 2.30. The second-order valence-corrected chi connectivity index (χ2v) is 6.10. The van der Waals surface area contributed by atoms with E-state index in [1.54, 1.807) is 0 Å². The molecule has 1 amide bonds. The summed E-state index contributed by atoms with van der Waals surface area (Å²) in [6.07, 6.45) is -5.90. The summed E-state index contributed by atoms with van der Waals surface area (Å²) < 4.78 is 36.3. The van der Waals surface area contributed by atoms with Gasteiger partial charge in [0.1, 0.15) is 6.42 Å². The number of nitrogens with zero attached hydrogens (tertiary/aromatic N) is 2. The molecule has 0 saturated carbocycles. The van der Waals surface area contributed by atoms with E-state index in [-0.39, 0.29) is 6.54 Å². The average Bonchev–Trinajstić information content (AvgIpc) is 2.53.